The molecule has 0 aliphatic carbocycles. The molecule has 2 aromatic carbocycles. The Kier molecular flexibility index (Phi) is 5.11. The Bertz CT molecular complexity index is 1250. The fourth-order valence-corrected chi connectivity index (χ4v) is 3.60. The van der Waals surface area contributed by atoms with Crippen molar-refractivity contribution in [3.63, 3.8) is 0 Å². The van der Waals surface area contributed by atoms with E-state index in [4.69, 9.17) is 4.74 Å². The van der Waals surface area contributed by atoms with Crippen LogP contribution in [0.25, 0.3) is 15.5 Å². The van der Waals surface area contributed by atoms with Gasteiger partial charge < -0.3 is 10.1 Å². The molecule has 2 heterocycles. The topological polar surface area (TPSA) is 125 Å². The lowest BCUT2D eigenvalue weighted by atomic mass is 10.1. The molecule has 0 aliphatic heterocycles. The molecular formula is C19H16N6O4S. The van der Waals surface area contributed by atoms with Gasteiger partial charge in [0.15, 0.2) is 12.4 Å². The van der Waals surface area contributed by atoms with Crippen LogP contribution in [0, 0.1) is 24.0 Å². The van der Waals surface area contributed by atoms with Crippen molar-refractivity contribution in [2.45, 2.75) is 13.8 Å². The monoisotopic (exact) mass is 424 g/mol. The Morgan fingerprint density at radius 3 is 2.67 bits per heavy atom. The van der Waals surface area contributed by atoms with Crippen LogP contribution in [0.3, 0.4) is 0 Å². The maximum atomic E-state index is 12.3. The number of nitro benzene ring substituents is 1. The highest BCUT2D eigenvalue weighted by atomic mass is 32.1. The number of amides is 1. The number of nitro groups is 1. The quantitative estimate of drug-likeness (QED) is 0.371. The Labute approximate surface area is 174 Å². The van der Waals surface area contributed by atoms with Gasteiger partial charge in [-0.15, -0.1) is 10.2 Å². The van der Waals surface area contributed by atoms with E-state index in [0.717, 1.165) is 16.1 Å². The maximum Gasteiger partial charge on any atom is 0.269 e. The highest BCUT2D eigenvalue weighted by Gasteiger charge is 2.13. The molecule has 30 heavy (non-hydrogen) atoms. The Hall–Kier alpha value is -3.86. The zero-order valence-corrected chi connectivity index (χ0v) is 16.8. The van der Waals surface area contributed by atoms with Crippen molar-refractivity contribution >= 4 is 33.6 Å². The Morgan fingerprint density at radius 2 is 1.97 bits per heavy atom. The molecule has 0 unspecified atom stereocenters. The predicted octanol–water partition coefficient (Wildman–Crippen LogP) is 3.40. The zero-order valence-electron chi connectivity index (χ0n) is 16.0. The number of hydrogen-bond acceptors (Lipinski definition) is 8. The molecule has 4 aromatic rings. The molecule has 0 bridgehead atoms. The lowest BCUT2D eigenvalue weighted by molar-refractivity contribution is -0.384. The van der Waals surface area contributed by atoms with Gasteiger partial charge in [0.2, 0.25) is 4.96 Å². The van der Waals surface area contributed by atoms with Gasteiger partial charge in [0.05, 0.1) is 4.92 Å². The molecule has 0 saturated heterocycles. The fourth-order valence-electron chi connectivity index (χ4n) is 2.72. The van der Waals surface area contributed by atoms with Crippen LogP contribution in [-0.2, 0) is 4.79 Å². The first-order chi connectivity index (χ1) is 14.4. The summed E-state index contributed by atoms with van der Waals surface area (Å²) in [4.78, 5) is 23.2. The first-order valence-electron chi connectivity index (χ1n) is 8.87. The summed E-state index contributed by atoms with van der Waals surface area (Å²) in [5.41, 5.74) is 2.34. The van der Waals surface area contributed by atoms with Crippen LogP contribution in [-0.4, -0.2) is 37.2 Å². The lowest BCUT2D eigenvalue weighted by Gasteiger charge is -2.11. The molecule has 152 valence electrons. The van der Waals surface area contributed by atoms with Crippen molar-refractivity contribution in [3.05, 3.63) is 64.0 Å². The molecule has 2 aromatic heterocycles. The first-order valence-corrected chi connectivity index (χ1v) is 9.69. The van der Waals surface area contributed by atoms with Gasteiger partial charge in [-0.3, -0.25) is 14.9 Å². The molecule has 11 heteroatoms. The van der Waals surface area contributed by atoms with E-state index in [1.807, 2.05) is 32.0 Å². The third kappa shape index (κ3) is 3.96. The molecule has 0 saturated carbocycles. The van der Waals surface area contributed by atoms with Gasteiger partial charge in [0.25, 0.3) is 11.6 Å². The van der Waals surface area contributed by atoms with E-state index < -0.39 is 4.92 Å². The van der Waals surface area contributed by atoms with E-state index in [9.17, 15) is 14.9 Å². The van der Waals surface area contributed by atoms with Crippen LogP contribution in [0.15, 0.2) is 42.5 Å². The summed E-state index contributed by atoms with van der Waals surface area (Å²) in [6.07, 6.45) is 0. The van der Waals surface area contributed by atoms with E-state index >= 15 is 0 Å². The number of hydrogen-bond donors (Lipinski definition) is 1. The van der Waals surface area contributed by atoms with Gasteiger partial charge in [0, 0.05) is 23.4 Å². The number of fused-ring (bicyclic) bond motifs is 1. The second kappa shape index (κ2) is 7.87. The van der Waals surface area contributed by atoms with Crippen LogP contribution >= 0.6 is 11.3 Å². The van der Waals surface area contributed by atoms with Crippen molar-refractivity contribution in [1.82, 2.24) is 19.8 Å². The number of non-ortho nitro benzene ring substituents is 1. The summed E-state index contributed by atoms with van der Waals surface area (Å²) in [6, 6.07) is 11.2. The molecule has 4 rings (SSSR count). The SMILES string of the molecule is Cc1ccc(-c2nn3c(C)nnc3s2)cc1NC(=O)COc1ccc([N+](=O)[O-])cc1. The van der Waals surface area contributed by atoms with E-state index in [1.165, 1.54) is 35.6 Å². The van der Waals surface area contributed by atoms with Gasteiger partial charge >= 0.3 is 0 Å². The molecular weight excluding hydrogens is 408 g/mol. The minimum atomic E-state index is -0.496. The standard InChI is InChI=1S/C19H16N6O4S/c1-11-3-4-13(18-23-24-12(2)21-22-19(24)30-18)9-16(11)20-17(26)10-29-15-7-5-14(6-8-15)25(27)28/h3-9H,10H2,1-2H3,(H,20,26). The minimum absolute atomic E-state index is 0.0418. The number of aromatic nitrogens is 4. The number of rotatable bonds is 6. The fraction of sp³-hybridized carbons (Fsp3) is 0.158. The smallest absolute Gasteiger partial charge is 0.269 e. The normalized spacial score (nSPS) is 10.9. The van der Waals surface area contributed by atoms with Gasteiger partial charge in [-0.25, -0.2) is 0 Å². The second-order valence-electron chi connectivity index (χ2n) is 6.47. The number of ether oxygens (including phenoxy) is 1. The highest BCUT2D eigenvalue weighted by Crippen LogP contribution is 2.29. The van der Waals surface area contributed by atoms with Gasteiger partial charge in [-0.1, -0.05) is 23.5 Å². The third-order valence-corrected chi connectivity index (χ3v) is 5.27. The molecule has 0 radical (unpaired) electrons. The summed E-state index contributed by atoms with van der Waals surface area (Å²) in [6.45, 7) is 3.49. The maximum absolute atomic E-state index is 12.3. The lowest BCUT2D eigenvalue weighted by Crippen LogP contribution is -2.20. The summed E-state index contributed by atoms with van der Waals surface area (Å²) in [5, 5.41) is 26.8. The molecule has 1 amide bonds. The van der Waals surface area contributed by atoms with Crippen molar-refractivity contribution < 1.29 is 14.5 Å². The average Bonchev–Trinajstić information content (AvgIpc) is 3.30. The van der Waals surface area contributed by atoms with Gasteiger partial charge in [0.1, 0.15) is 10.8 Å². The molecule has 1 N–H and O–H groups in total. The van der Waals surface area contributed by atoms with E-state index in [2.05, 4.69) is 20.6 Å². The van der Waals surface area contributed by atoms with Crippen LogP contribution in [0.4, 0.5) is 11.4 Å². The van der Waals surface area contributed by atoms with Crippen molar-refractivity contribution in [1.29, 1.82) is 0 Å². The Morgan fingerprint density at radius 1 is 1.20 bits per heavy atom. The zero-order chi connectivity index (χ0) is 21.3. The number of carbonyl (C=O) groups excluding carboxylic acids is 1. The first kappa shape index (κ1) is 19.5. The van der Waals surface area contributed by atoms with Crippen LogP contribution in [0.2, 0.25) is 0 Å². The van der Waals surface area contributed by atoms with Crippen molar-refractivity contribution in [2.75, 3.05) is 11.9 Å². The molecule has 0 spiro atoms. The number of nitrogens with zero attached hydrogens (tertiary/aromatic N) is 5. The van der Waals surface area contributed by atoms with Crippen LogP contribution in [0.1, 0.15) is 11.4 Å². The number of nitrogens with one attached hydrogen (secondary N) is 1. The summed E-state index contributed by atoms with van der Waals surface area (Å²) in [5.74, 6) is 0.732. The highest BCUT2D eigenvalue weighted by molar-refractivity contribution is 7.19. The average molecular weight is 424 g/mol. The van der Waals surface area contributed by atoms with Crippen molar-refractivity contribution in [3.8, 4) is 16.3 Å². The van der Waals surface area contributed by atoms with Crippen molar-refractivity contribution in [2.24, 2.45) is 0 Å². The minimum Gasteiger partial charge on any atom is -0.484 e. The number of benzene rings is 2. The van der Waals surface area contributed by atoms with E-state index in [-0.39, 0.29) is 18.2 Å². The number of anilines is 1. The molecule has 0 atom stereocenters. The Balaban J connectivity index is 1.45. The largest absolute Gasteiger partial charge is 0.484 e. The second-order valence-corrected chi connectivity index (χ2v) is 7.42. The molecule has 0 fully saturated rings. The summed E-state index contributed by atoms with van der Waals surface area (Å²) < 4.78 is 7.09. The van der Waals surface area contributed by atoms with Gasteiger partial charge in [-0.05, 0) is 37.6 Å². The number of carbonyl (C=O) groups is 1. The van der Waals surface area contributed by atoms with E-state index in [0.29, 0.717) is 22.2 Å². The van der Waals surface area contributed by atoms with Gasteiger partial charge in [-0.2, -0.15) is 9.61 Å². The van der Waals surface area contributed by atoms with Crippen LogP contribution < -0.4 is 10.1 Å². The van der Waals surface area contributed by atoms with E-state index in [1.54, 1.807) is 4.52 Å². The molecule has 0 aliphatic rings. The molecule has 10 nitrogen and oxygen atoms in total. The summed E-state index contributed by atoms with van der Waals surface area (Å²) >= 11 is 1.41. The number of aryl methyl sites for hydroxylation is 2. The third-order valence-electron chi connectivity index (χ3n) is 4.32. The van der Waals surface area contributed by atoms with Crippen LogP contribution in [0.5, 0.6) is 5.75 Å². The predicted molar refractivity (Wildman–Crippen MR) is 111 cm³/mol. The summed E-state index contributed by atoms with van der Waals surface area (Å²) in [7, 11) is 0.